The van der Waals surface area contributed by atoms with Gasteiger partial charge in [0.2, 0.25) is 59.1 Å². The molecule has 0 bridgehead atoms. The number of unbranched alkanes of at least 4 members (excludes halogenated alkanes) is 13. The number of amides is 10. The summed E-state index contributed by atoms with van der Waals surface area (Å²) in [7, 11) is 0. The van der Waals surface area contributed by atoms with Crippen molar-refractivity contribution in [3.63, 3.8) is 0 Å². The Balaban J connectivity index is 1.58. The van der Waals surface area contributed by atoms with Crippen LogP contribution in [0.5, 0.6) is 0 Å². The normalized spacial score (nSPS) is 23.3. The first-order chi connectivity index (χ1) is 55.8. The maximum Gasteiger partial charge on any atom is 0.306 e. The van der Waals surface area contributed by atoms with Crippen molar-refractivity contribution in [2.45, 2.75) is 343 Å². The van der Waals surface area contributed by atoms with Crippen molar-refractivity contribution in [1.29, 1.82) is 0 Å². The molecular formula is C80H144N10O27. The molecule has 0 spiro atoms. The summed E-state index contributed by atoms with van der Waals surface area (Å²) >= 11 is 0. The Morgan fingerprint density at radius 3 is 0.821 bits per heavy atom. The molecule has 3 fully saturated rings. The summed E-state index contributed by atoms with van der Waals surface area (Å²) in [6.45, 7) is 8.41. The molecule has 3 aliphatic rings. The van der Waals surface area contributed by atoms with E-state index in [9.17, 15) is 98.7 Å². The van der Waals surface area contributed by atoms with Crippen molar-refractivity contribution in [3.05, 3.63) is 0 Å². The van der Waals surface area contributed by atoms with Crippen LogP contribution >= 0.6 is 0 Å². The first-order valence-corrected chi connectivity index (χ1v) is 42.4. The van der Waals surface area contributed by atoms with Crippen molar-refractivity contribution in [3.8, 4) is 0 Å². The minimum Gasteiger partial charge on any atom is -0.460 e. The first kappa shape index (κ1) is 105. The van der Waals surface area contributed by atoms with E-state index >= 15 is 0 Å². The maximum absolute atomic E-state index is 14.0. The van der Waals surface area contributed by atoms with Crippen LogP contribution in [0, 0.1) is 0 Å². The van der Waals surface area contributed by atoms with Crippen molar-refractivity contribution in [1.82, 2.24) is 53.2 Å². The van der Waals surface area contributed by atoms with Crippen LogP contribution in [-0.4, -0.2) is 312 Å². The number of rotatable bonds is 63. The van der Waals surface area contributed by atoms with Gasteiger partial charge < -0.3 is 132 Å². The molecule has 3 aliphatic heterocycles. The molecule has 0 aromatic rings. The van der Waals surface area contributed by atoms with Gasteiger partial charge in [0.05, 0.1) is 95.9 Å². The van der Waals surface area contributed by atoms with E-state index in [1.54, 1.807) is 0 Å². The molecule has 37 nitrogen and oxygen atoms in total. The molecule has 3 saturated heterocycles. The lowest BCUT2D eigenvalue weighted by molar-refractivity contribution is -0.196. The van der Waals surface area contributed by atoms with Crippen LogP contribution in [0.2, 0.25) is 0 Å². The number of carbonyl (C=O) groups excluding carboxylic acids is 11. The molecule has 10 amide bonds. The average molecular weight is 1680 g/mol. The van der Waals surface area contributed by atoms with Crippen molar-refractivity contribution < 1.29 is 132 Å². The lowest BCUT2D eigenvalue weighted by Gasteiger charge is -2.42. The van der Waals surface area contributed by atoms with Gasteiger partial charge in [0.15, 0.2) is 0 Å². The molecule has 0 aliphatic carbocycles. The van der Waals surface area contributed by atoms with Gasteiger partial charge >= 0.3 is 5.97 Å². The van der Waals surface area contributed by atoms with E-state index in [0.29, 0.717) is 109 Å². The lowest BCUT2D eigenvalue weighted by Crippen LogP contribution is -2.63. The van der Waals surface area contributed by atoms with E-state index in [0.717, 1.165) is 44.9 Å². The second kappa shape index (κ2) is 60.1. The topological polar surface area (TPSA) is 555 Å². The van der Waals surface area contributed by atoms with Gasteiger partial charge in [-0.1, -0.05) is 77.0 Å². The van der Waals surface area contributed by atoms with E-state index < -0.39 is 140 Å². The van der Waals surface area contributed by atoms with Crippen LogP contribution in [0.4, 0.5) is 0 Å². The minimum absolute atomic E-state index is 0.0880. The quantitative estimate of drug-likeness (QED) is 0.0256. The fourth-order valence-electron chi connectivity index (χ4n) is 14.0. The molecule has 0 unspecified atom stereocenters. The summed E-state index contributed by atoms with van der Waals surface area (Å²) in [4.78, 5) is 139. The zero-order chi connectivity index (χ0) is 86.6. The molecular weight excluding hydrogens is 1530 g/mol. The smallest absolute Gasteiger partial charge is 0.306 e. The summed E-state index contributed by atoms with van der Waals surface area (Å²) < 4.78 is 41.2. The molecule has 0 aromatic heterocycles. The Hall–Kier alpha value is -6.43. The molecule has 3 rings (SSSR count). The predicted octanol–water partition coefficient (Wildman–Crippen LogP) is -1.02. The van der Waals surface area contributed by atoms with Crippen molar-refractivity contribution in [2.75, 3.05) is 98.7 Å². The monoisotopic (exact) mass is 1680 g/mol. The van der Waals surface area contributed by atoms with Gasteiger partial charge in [-0.15, -0.1) is 0 Å². The summed E-state index contributed by atoms with van der Waals surface area (Å²) in [5, 5.41) is 120. The Morgan fingerprint density at radius 1 is 0.308 bits per heavy atom. The number of aliphatic hydroxyl groups excluding tert-OH is 9. The van der Waals surface area contributed by atoms with Crippen molar-refractivity contribution >= 4 is 65.0 Å². The predicted molar refractivity (Wildman–Crippen MR) is 426 cm³/mol. The summed E-state index contributed by atoms with van der Waals surface area (Å²) in [6.07, 6.45) is 2.13. The third-order valence-corrected chi connectivity index (χ3v) is 20.3. The third-order valence-electron chi connectivity index (χ3n) is 20.3. The molecule has 37 heteroatoms. The van der Waals surface area contributed by atoms with Crippen LogP contribution in [0.15, 0.2) is 0 Å². The molecule has 19 N–H and O–H groups in total. The lowest BCUT2D eigenvalue weighted by atomic mass is 9.90. The van der Waals surface area contributed by atoms with Gasteiger partial charge in [0.1, 0.15) is 66.1 Å². The van der Waals surface area contributed by atoms with Gasteiger partial charge in [-0.25, -0.2) is 0 Å². The number of esters is 1. The van der Waals surface area contributed by atoms with Crippen LogP contribution < -0.4 is 53.2 Å². The Kier molecular flexibility index (Phi) is 53.8. The zero-order valence-corrected chi connectivity index (χ0v) is 70.1. The fraction of sp³-hybridized carbons (Fsp3) is 0.863. The van der Waals surface area contributed by atoms with Gasteiger partial charge in [-0.2, -0.15) is 0 Å². The molecule has 3 heterocycles. The Morgan fingerprint density at radius 2 is 0.556 bits per heavy atom. The van der Waals surface area contributed by atoms with Gasteiger partial charge in [0, 0.05) is 111 Å². The Bertz CT molecular complexity index is 2640. The zero-order valence-electron chi connectivity index (χ0n) is 70.1. The maximum atomic E-state index is 14.0. The molecule has 117 heavy (non-hydrogen) atoms. The summed E-state index contributed by atoms with van der Waals surface area (Å²) in [6, 6.07) is -2.61. The van der Waals surface area contributed by atoms with Crippen molar-refractivity contribution in [2.24, 2.45) is 0 Å². The second-order valence-electron chi connectivity index (χ2n) is 31.9. The van der Waals surface area contributed by atoms with Crippen LogP contribution in [0.25, 0.3) is 0 Å². The molecule has 676 valence electrons. The first-order valence-electron chi connectivity index (χ1n) is 42.4. The third kappa shape index (κ3) is 45.7. The highest BCUT2D eigenvalue weighted by Gasteiger charge is 2.47. The number of nitrogens with one attached hydrogen (secondary N) is 10. The van der Waals surface area contributed by atoms with Crippen LogP contribution in [-0.2, 0) is 85.9 Å². The van der Waals surface area contributed by atoms with E-state index in [1.165, 1.54) is 20.8 Å². The summed E-state index contributed by atoms with van der Waals surface area (Å²) in [5.41, 5.74) is -1.93. The number of aliphatic hydroxyl groups is 9. The fourth-order valence-corrected chi connectivity index (χ4v) is 14.0. The number of carbonyl (C=O) groups is 11. The second-order valence-corrected chi connectivity index (χ2v) is 31.9. The van der Waals surface area contributed by atoms with Gasteiger partial charge in [-0.3, -0.25) is 52.7 Å². The molecule has 0 aromatic carbocycles. The van der Waals surface area contributed by atoms with E-state index in [-0.39, 0.29) is 171 Å². The number of ether oxygens (including phenoxy) is 7. The highest BCUT2D eigenvalue weighted by molar-refractivity contribution is 5.79. The van der Waals surface area contributed by atoms with Crippen LogP contribution in [0.1, 0.15) is 241 Å². The number of hydrogen-bond acceptors (Lipinski definition) is 27. The van der Waals surface area contributed by atoms with Gasteiger partial charge in [0.25, 0.3) is 0 Å². The number of hydrogen-bond donors (Lipinski definition) is 19. The standard InChI is InChI=1S/C80H144N10O27/c1-53(94)87-70-56(114-59(47-91)73(105)76(70)108)27-16-13-20-30-62(97)81-38-24-41-84-65(100)35-44-111-50-80(90-68(103)33-19-11-9-7-8-10-12-23-34-69(104)117-79(4,5)6,51-112-45-36-66(101)85-42-25-39-82-63(98)31-21-14-17-28-57-71(88-54(2)95)77(109)74(106)60(48-92)115-57)52-113-46-37-67(102)86-43-26-40-83-64(99)32-22-15-18-29-58-72(89-55(3)96)78(110)75(107)61(49-93)116-58/h56-61,70-78,91-93,105-110H,7-52H2,1-6H3,(H,81,97)(H,82,98)(H,83,99)(H,84,100)(H,85,101)(H,86,102)(H,87,94)(H,88,95)(H,89,96)(H,90,103)/t56-,57-,58-,59-,60-,61-,70+,71+,72+,73+,74+,75+,76-,77-,78-/m1/s1. The Labute approximate surface area is 689 Å². The van der Waals surface area contributed by atoms with E-state index in [2.05, 4.69) is 53.2 Å². The SMILES string of the molecule is CC(=O)N[C@@H]1[C@@H](O)[C@@H](O)[C@@H](CO)O[C@@H]1CCCCCC(=O)NCCCNC(=O)CCOCC(COCCC(=O)NCCCNC(=O)CCCCC[C@H]1O[C@H](CO)[C@H](O)[C@H](O)[C@H]1NC(C)=O)(COCCC(=O)NCCCNC(=O)CCCCC[C@H]1O[C@H](CO)[C@H](O)[C@H](O)[C@H]1NC(C)=O)NC(=O)CCCCCCCCCCC(=O)OC(C)(C)C. The molecule has 15 atom stereocenters. The largest absolute Gasteiger partial charge is 0.460 e. The highest BCUT2D eigenvalue weighted by Crippen LogP contribution is 2.29. The molecule has 0 saturated carbocycles. The summed E-state index contributed by atoms with van der Waals surface area (Å²) in [5.74, 6) is -3.41. The average Bonchev–Trinajstić information content (AvgIpc) is 0.818. The van der Waals surface area contributed by atoms with E-state index in [4.69, 9.17) is 33.2 Å². The van der Waals surface area contributed by atoms with Crippen LogP contribution in [0.3, 0.4) is 0 Å². The minimum atomic E-state index is -1.40. The highest BCUT2D eigenvalue weighted by atomic mass is 16.6. The van der Waals surface area contributed by atoms with Gasteiger partial charge in [-0.05, 0) is 91.4 Å². The van der Waals surface area contributed by atoms with E-state index in [1.807, 2.05) is 20.8 Å². The molecule has 0 radical (unpaired) electrons.